The molecular weight excluding hydrogens is 308 g/mol. The van der Waals surface area contributed by atoms with Crippen molar-refractivity contribution in [1.82, 2.24) is 14.9 Å². The van der Waals surface area contributed by atoms with Crippen LogP contribution in [0.2, 0.25) is 5.02 Å². The van der Waals surface area contributed by atoms with Gasteiger partial charge in [-0.05, 0) is 12.8 Å². The van der Waals surface area contributed by atoms with Gasteiger partial charge < -0.3 is 10.0 Å². The van der Waals surface area contributed by atoms with Crippen molar-refractivity contribution in [2.45, 2.75) is 37.6 Å². The average molecular weight is 325 g/mol. The highest BCUT2D eigenvalue weighted by atomic mass is 35.5. The van der Waals surface area contributed by atoms with Gasteiger partial charge in [-0.15, -0.1) is 0 Å². The maximum atomic E-state index is 12.7. The lowest BCUT2D eigenvalue weighted by molar-refractivity contribution is -0.138. The first kappa shape index (κ1) is 15.0. The summed E-state index contributed by atoms with van der Waals surface area (Å²) in [6.07, 6.45) is 7.62. The molecule has 0 unspecified atom stereocenters. The molecule has 0 atom stereocenters. The van der Waals surface area contributed by atoms with Gasteiger partial charge in [-0.3, -0.25) is 9.69 Å². The molecule has 0 radical (unpaired) electrons. The molecule has 1 aromatic rings. The monoisotopic (exact) mass is 324 g/mol. The first-order chi connectivity index (χ1) is 10.5. The second kappa shape index (κ2) is 5.72. The molecule has 1 aromatic heterocycles. The normalized spacial score (nSPS) is 20.7. The van der Waals surface area contributed by atoms with E-state index < -0.39 is 11.5 Å². The highest BCUT2D eigenvalue weighted by Crippen LogP contribution is 2.40. The molecule has 1 saturated heterocycles. The van der Waals surface area contributed by atoms with Gasteiger partial charge in [0.15, 0.2) is 0 Å². The molecular formula is C14H17ClN4O3. The predicted octanol–water partition coefficient (Wildman–Crippen LogP) is 2.16. The minimum absolute atomic E-state index is 0.271. The van der Waals surface area contributed by atoms with Crippen molar-refractivity contribution in [3.63, 3.8) is 0 Å². The first-order valence-corrected chi connectivity index (χ1v) is 7.68. The zero-order valence-electron chi connectivity index (χ0n) is 12.0. The molecule has 1 spiro atoms. The summed E-state index contributed by atoms with van der Waals surface area (Å²) < 4.78 is 0. The zero-order valence-corrected chi connectivity index (χ0v) is 12.8. The van der Waals surface area contributed by atoms with E-state index in [4.69, 9.17) is 16.7 Å². The van der Waals surface area contributed by atoms with E-state index in [1.54, 1.807) is 0 Å². The number of urea groups is 1. The summed E-state index contributed by atoms with van der Waals surface area (Å²) in [5, 5.41) is 9.53. The van der Waals surface area contributed by atoms with Crippen LogP contribution in [0.5, 0.6) is 0 Å². The molecule has 22 heavy (non-hydrogen) atoms. The van der Waals surface area contributed by atoms with Gasteiger partial charge in [-0.1, -0.05) is 30.9 Å². The topological polar surface area (TPSA) is 86.6 Å². The van der Waals surface area contributed by atoms with Crippen LogP contribution in [0.1, 0.15) is 32.1 Å². The molecule has 1 aliphatic carbocycles. The van der Waals surface area contributed by atoms with Crippen LogP contribution in [0.15, 0.2) is 12.4 Å². The number of halogens is 1. The van der Waals surface area contributed by atoms with E-state index in [1.165, 1.54) is 22.2 Å². The standard InChI is InChI=1S/C14H17ClN4O3/c15-10-6-16-12(17-7-10)18-9-14(4-2-1-3-5-14)19(13(18)22)8-11(20)21/h6-7H,1-5,8-9H2,(H,20,21). The highest BCUT2D eigenvalue weighted by Gasteiger charge is 2.51. The molecule has 3 rings (SSSR count). The summed E-state index contributed by atoms with van der Waals surface area (Å²) in [7, 11) is 0. The summed E-state index contributed by atoms with van der Waals surface area (Å²) in [4.78, 5) is 35.0. The maximum Gasteiger partial charge on any atom is 0.328 e. The van der Waals surface area contributed by atoms with Crippen molar-refractivity contribution >= 4 is 29.5 Å². The number of aromatic nitrogens is 2. The lowest BCUT2D eigenvalue weighted by Crippen LogP contribution is -2.50. The Bertz CT molecular complexity index is 586. The first-order valence-electron chi connectivity index (χ1n) is 7.30. The SMILES string of the molecule is O=C(O)CN1C(=O)N(c2ncc(Cl)cn2)CC12CCCCC2. The van der Waals surface area contributed by atoms with Crippen LogP contribution in [-0.2, 0) is 4.79 Å². The fourth-order valence-corrected chi connectivity index (χ4v) is 3.50. The van der Waals surface area contributed by atoms with Gasteiger partial charge in [0, 0.05) is 0 Å². The molecule has 2 heterocycles. The number of carbonyl (C=O) groups is 2. The molecule has 7 nitrogen and oxygen atoms in total. The molecule has 1 aliphatic heterocycles. The van der Waals surface area contributed by atoms with Gasteiger partial charge in [-0.2, -0.15) is 0 Å². The third-order valence-electron chi connectivity index (χ3n) is 4.41. The van der Waals surface area contributed by atoms with Crippen LogP contribution in [0, 0.1) is 0 Å². The van der Waals surface area contributed by atoms with Gasteiger partial charge in [0.2, 0.25) is 5.95 Å². The Kier molecular flexibility index (Phi) is 3.90. The Hall–Kier alpha value is -1.89. The number of amides is 2. The third-order valence-corrected chi connectivity index (χ3v) is 4.61. The Morgan fingerprint density at radius 2 is 1.91 bits per heavy atom. The number of nitrogens with zero attached hydrogens (tertiary/aromatic N) is 4. The second-order valence-electron chi connectivity index (χ2n) is 5.83. The summed E-state index contributed by atoms with van der Waals surface area (Å²) in [6.45, 7) is 0.143. The number of anilines is 1. The molecule has 2 amide bonds. The van der Waals surface area contributed by atoms with Crippen molar-refractivity contribution in [3.05, 3.63) is 17.4 Å². The van der Waals surface area contributed by atoms with E-state index in [9.17, 15) is 9.59 Å². The Morgan fingerprint density at radius 3 is 2.50 bits per heavy atom. The molecule has 1 saturated carbocycles. The summed E-state index contributed by atoms with van der Waals surface area (Å²) in [5.41, 5.74) is -0.420. The van der Waals surface area contributed by atoms with Crippen LogP contribution in [0.3, 0.4) is 0 Å². The minimum Gasteiger partial charge on any atom is -0.480 e. The van der Waals surface area contributed by atoms with Crippen molar-refractivity contribution in [1.29, 1.82) is 0 Å². The second-order valence-corrected chi connectivity index (χ2v) is 6.27. The Morgan fingerprint density at radius 1 is 1.27 bits per heavy atom. The summed E-state index contributed by atoms with van der Waals surface area (Å²) in [6, 6.07) is -0.341. The number of carboxylic acid groups (broad SMARTS) is 1. The molecule has 0 aromatic carbocycles. The fraction of sp³-hybridized carbons (Fsp3) is 0.571. The van der Waals surface area contributed by atoms with Gasteiger partial charge in [0.05, 0.1) is 29.5 Å². The summed E-state index contributed by atoms with van der Waals surface area (Å²) in [5.74, 6) is -0.732. The average Bonchev–Trinajstić information content (AvgIpc) is 2.74. The number of carbonyl (C=O) groups excluding carboxylic acids is 1. The highest BCUT2D eigenvalue weighted by molar-refractivity contribution is 6.30. The lowest BCUT2D eigenvalue weighted by atomic mass is 9.81. The van der Waals surface area contributed by atoms with Crippen LogP contribution in [-0.4, -0.2) is 50.6 Å². The molecule has 2 aliphatic rings. The lowest BCUT2D eigenvalue weighted by Gasteiger charge is -2.39. The van der Waals surface area contributed by atoms with Gasteiger partial charge >= 0.3 is 12.0 Å². The van der Waals surface area contributed by atoms with Crippen LogP contribution < -0.4 is 4.90 Å². The van der Waals surface area contributed by atoms with E-state index in [-0.39, 0.29) is 18.5 Å². The zero-order chi connectivity index (χ0) is 15.7. The third kappa shape index (κ3) is 2.61. The largest absolute Gasteiger partial charge is 0.480 e. The maximum absolute atomic E-state index is 12.7. The van der Waals surface area contributed by atoms with Gasteiger partial charge in [-0.25, -0.2) is 14.8 Å². The van der Waals surface area contributed by atoms with Crippen molar-refractivity contribution in [3.8, 4) is 0 Å². The molecule has 118 valence electrons. The van der Waals surface area contributed by atoms with Gasteiger partial charge in [0.25, 0.3) is 0 Å². The van der Waals surface area contributed by atoms with Crippen molar-refractivity contribution < 1.29 is 14.7 Å². The fourth-order valence-electron chi connectivity index (χ4n) is 3.41. The van der Waals surface area contributed by atoms with E-state index in [2.05, 4.69) is 9.97 Å². The number of aliphatic carboxylic acids is 1. The minimum atomic E-state index is -1.00. The number of hydrogen-bond donors (Lipinski definition) is 1. The molecule has 8 heteroatoms. The van der Waals surface area contributed by atoms with E-state index >= 15 is 0 Å². The molecule has 0 bridgehead atoms. The summed E-state index contributed by atoms with van der Waals surface area (Å²) >= 11 is 5.78. The van der Waals surface area contributed by atoms with Crippen LogP contribution >= 0.6 is 11.6 Å². The predicted molar refractivity (Wildman–Crippen MR) is 79.9 cm³/mol. The number of hydrogen-bond acceptors (Lipinski definition) is 4. The number of carboxylic acids is 1. The van der Waals surface area contributed by atoms with Gasteiger partial charge in [0.1, 0.15) is 6.54 Å². The quantitative estimate of drug-likeness (QED) is 0.920. The number of rotatable bonds is 3. The van der Waals surface area contributed by atoms with E-state index in [0.29, 0.717) is 11.6 Å². The van der Waals surface area contributed by atoms with Crippen molar-refractivity contribution in [2.24, 2.45) is 0 Å². The van der Waals surface area contributed by atoms with Crippen molar-refractivity contribution in [2.75, 3.05) is 18.0 Å². The van der Waals surface area contributed by atoms with Crippen LogP contribution in [0.25, 0.3) is 0 Å². The smallest absolute Gasteiger partial charge is 0.328 e. The van der Waals surface area contributed by atoms with E-state index in [1.807, 2.05) is 0 Å². The Balaban J connectivity index is 1.92. The van der Waals surface area contributed by atoms with Crippen LogP contribution in [0.4, 0.5) is 10.7 Å². The molecule has 2 fully saturated rings. The van der Waals surface area contributed by atoms with E-state index in [0.717, 1.165) is 32.1 Å². The Labute approximate surface area is 132 Å². The molecule has 1 N–H and O–H groups in total.